The molecule has 0 radical (unpaired) electrons. The zero-order valence-corrected chi connectivity index (χ0v) is 13.8. The van der Waals surface area contributed by atoms with Crippen LogP contribution >= 0.6 is 22.9 Å². The van der Waals surface area contributed by atoms with Crippen LogP contribution in [0.2, 0.25) is 5.02 Å². The van der Waals surface area contributed by atoms with Gasteiger partial charge in [0.2, 0.25) is 0 Å². The van der Waals surface area contributed by atoms with E-state index in [1.165, 1.54) is 13.8 Å². The molecule has 1 heterocycles. The Hall–Kier alpha value is -1.15. The molecule has 2 aromatic rings. The third-order valence-electron chi connectivity index (χ3n) is 3.03. The second-order valence-corrected chi connectivity index (χ2v) is 8.61. The highest BCUT2D eigenvalue weighted by atomic mass is 35.5. The SMILES string of the molecule is CC(C)(CNS(=O)(=O)c1sc2ccccc2c1Cl)C(=O)O. The first-order chi connectivity index (χ1) is 9.65. The zero-order chi connectivity index (χ0) is 15.8. The molecule has 0 aliphatic carbocycles. The first-order valence-corrected chi connectivity index (χ1v) is 8.73. The number of carbonyl (C=O) groups is 1. The molecule has 21 heavy (non-hydrogen) atoms. The number of thiophene rings is 1. The Morgan fingerprint density at radius 3 is 2.57 bits per heavy atom. The third kappa shape index (κ3) is 3.21. The van der Waals surface area contributed by atoms with Gasteiger partial charge in [-0.15, -0.1) is 11.3 Å². The Bertz CT molecular complexity index is 796. The van der Waals surface area contributed by atoms with Crippen LogP contribution in [0, 0.1) is 5.41 Å². The van der Waals surface area contributed by atoms with Crippen molar-refractivity contribution in [2.24, 2.45) is 5.41 Å². The van der Waals surface area contributed by atoms with Gasteiger partial charge >= 0.3 is 5.97 Å². The molecule has 0 bridgehead atoms. The molecule has 0 aliphatic rings. The summed E-state index contributed by atoms with van der Waals surface area (Å²) in [5.41, 5.74) is -1.20. The summed E-state index contributed by atoms with van der Waals surface area (Å²) in [6, 6.07) is 7.10. The maximum Gasteiger partial charge on any atom is 0.310 e. The van der Waals surface area contributed by atoms with E-state index >= 15 is 0 Å². The summed E-state index contributed by atoms with van der Waals surface area (Å²) in [5, 5.41) is 9.85. The van der Waals surface area contributed by atoms with Gasteiger partial charge in [-0.05, 0) is 19.9 Å². The number of hydrogen-bond donors (Lipinski definition) is 2. The quantitative estimate of drug-likeness (QED) is 0.871. The fraction of sp³-hybridized carbons (Fsp3) is 0.308. The fourth-order valence-corrected chi connectivity index (χ4v) is 4.96. The van der Waals surface area contributed by atoms with Crippen molar-refractivity contribution in [3.8, 4) is 0 Å². The molecule has 1 aromatic heterocycles. The predicted octanol–water partition coefficient (Wildman–Crippen LogP) is 2.94. The van der Waals surface area contributed by atoms with Crippen LogP contribution in [0.3, 0.4) is 0 Å². The van der Waals surface area contributed by atoms with Gasteiger partial charge in [0.15, 0.2) is 4.21 Å². The lowest BCUT2D eigenvalue weighted by molar-refractivity contribution is -0.146. The summed E-state index contributed by atoms with van der Waals surface area (Å²) < 4.78 is 27.7. The van der Waals surface area contributed by atoms with Crippen molar-refractivity contribution in [2.75, 3.05) is 6.54 Å². The van der Waals surface area contributed by atoms with Crippen molar-refractivity contribution in [2.45, 2.75) is 18.1 Å². The molecular formula is C13H14ClNO4S2. The zero-order valence-electron chi connectivity index (χ0n) is 11.4. The Labute approximate surface area is 131 Å². The number of halogens is 1. The lowest BCUT2D eigenvalue weighted by Gasteiger charge is -2.19. The first-order valence-electron chi connectivity index (χ1n) is 6.05. The van der Waals surface area contributed by atoms with Crippen LogP contribution in [-0.4, -0.2) is 26.0 Å². The average Bonchev–Trinajstić information content (AvgIpc) is 2.75. The molecule has 114 valence electrons. The van der Waals surface area contributed by atoms with E-state index in [-0.39, 0.29) is 15.8 Å². The Balaban J connectivity index is 2.34. The highest BCUT2D eigenvalue weighted by molar-refractivity contribution is 7.92. The number of carboxylic acids is 1. The molecule has 0 amide bonds. The standard InChI is InChI=1S/C13H14ClNO4S2/c1-13(2,12(16)17)7-15-21(18,19)11-10(14)8-5-3-4-6-9(8)20-11/h3-6,15H,7H2,1-2H3,(H,16,17). The Kier molecular flexibility index (Phi) is 4.30. The van der Waals surface area contributed by atoms with Gasteiger partial charge in [0.05, 0.1) is 10.4 Å². The molecule has 0 unspecified atom stereocenters. The van der Waals surface area contributed by atoms with E-state index in [1.807, 2.05) is 0 Å². The van der Waals surface area contributed by atoms with Gasteiger partial charge in [0.1, 0.15) is 0 Å². The molecule has 0 atom stereocenters. The monoisotopic (exact) mass is 347 g/mol. The second kappa shape index (κ2) is 5.57. The minimum Gasteiger partial charge on any atom is -0.481 e. The fourth-order valence-electron chi connectivity index (χ4n) is 1.58. The summed E-state index contributed by atoms with van der Waals surface area (Å²) in [5.74, 6) is -1.08. The summed E-state index contributed by atoms with van der Waals surface area (Å²) in [6.45, 7) is 2.68. The van der Waals surface area contributed by atoms with Gasteiger partial charge in [0, 0.05) is 16.6 Å². The van der Waals surface area contributed by atoms with E-state index in [0.717, 1.165) is 16.0 Å². The van der Waals surface area contributed by atoms with E-state index in [1.54, 1.807) is 24.3 Å². The van der Waals surface area contributed by atoms with Gasteiger partial charge in [0.25, 0.3) is 10.0 Å². The van der Waals surface area contributed by atoms with Crippen molar-refractivity contribution in [1.82, 2.24) is 4.72 Å². The van der Waals surface area contributed by atoms with Crippen LogP contribution in [0.5, 0.6) is 0 Å². The molecule has 5 nitrogen and oxygen atoms in total. The number of fused-ring (bicyclic) bond motifs is 1. The number of carboxylic acid groups (broad SMARTS) is 1. The van der Waals surface area contributed by atoms with E-state index in [4.69, 9.17) is 16.7 Å². The van der Waals surface area contributed by atoms with E-state index < -0.39 is 21.4 Å². The second-order valence-electron chi connectivity index (χ2n) is 5.21. The molecule has 0 saturated heterocycles. The largest absolute Gasteiger partial charge is 0.481 e. The summed E-state index contributed by atoms with van der Waals surface area (Å²) in [4.78, 5) is 11.0. The minimum atomic E-state index is -3.85. The van der Waals surface area contributed by atoms with Gasteiger partial charge in [-0.2, -0.15) is 0 Å². The van der Waals surface area contributed by atoms with Crippen molar-refractivity contribution in [1.29, 1.82) is 0 Å². The Morgan fingerprint density at radius 1 is 1.38 bits per heavy atom. The van der Waals surface area contributed by atoms with Crippen molar-refractivity contribution < 1.29 is 18.3 Å². The predicted molar refractivity (Wildman–Crippen MR) is 83.4 cm³/mol. The van der Waals surface area contributed by atoms with Crippen LogP contribution in [0.4, 0.5) is 0 Å². The first kappa shape index (κ1) is 16.2. The molecule has 0 saturated carbocycles. The van der Waals surface area contributed by atoms with Crippen LogP contribution in [-0.2, 0) is 14.8 Å². The Morgan fingerprint density at radius 2 is 2.00 bits per heavy atom. The number of aliphatic carboxylic acids is 1. The highest BCUT2D eigenvalue weighted by Crippen LogP contribution is 2.38. The third-order valence-corrected chi connectivity index (χ3v) is 6.74. The molecule has 1 aromatic carbocycles. The molecule has 8 heteroatoms. The average molecular weight is 348 g/mol. The lowest BCUT2D eigenvalue weighted by atomic mass is 9.95. The van der Waals surface area contributed by atoms with Crippen LogP contribution in [0.25, 0.3) is 10.1 Å². The van der Waals surface area contributed by atoms with Gasteiger partial charge in [-0.25, -0.2) is 13.1 Å². The smallest absolute Gasteiger partial charge is 0.310 e. The number of sulfonamides is 1. The molecule has 0 fully saturated rings. The summed E-state index contributed by atoms with van der Waals surface area (Å²) in [7, 11) is -3.85. The van der Waals surface area contributed by atoms with Gasteiger partial charge in [-0.3, -0.25) is 4.79 Å². The van der Waals surface area contributed by atoms with Crippen molar-refractivity contribution in [3.63, 3.8) is 0 Å². The maximum atomic E-state index is 12.3. The molecule has 0 spiro atoms. The number of rotatable bonds is 5. The summed E-state index contributed by atoms with van der Waals surface area (Å²) >= 11 is 7.19. The maximum absolute atomic E-state index is 12.3. The van der Waals surface area contributed by atoms with Crippen LogP contribution in [0.1, 0.15) is 13.8 Å². The van der Waals surface area contributed by atoms with Crippen molar-refractivity contribution in [3.05, 3.63) is 29.3 Å². The number of benzene rings is 1. The number of hydrogen-bond acceptors (Lipinski definition) is 4. The number of nitrogens with one attached hydrogen (secondary N) is 1. The summed E-state index contributed by atoms with van der Waals surface area (Å²) in [6.07, 6.45) is 0. The molecule has 2 N–H and O–H groups in total. The topological polar surface area (TPSA) is 83.5 Å². The van der Waals surface area contributed by atoms with Gasteiger partial charge < -0.3 is 5.11 Å². The molecular weight excluding hydrogens is 334 g/mol. The normalized spacial score (nSPS) is 12.7. The van der Waals surface area contributed by atoms with Crippen LogP contribution in [0.15, 0.2) is 28.5 Å². The lowest BCUT2D eigenvalue weighted by Crippen LogP contribution is -2.38. The van der Waals surface area contributed by atoms with E-state index in [9.17, 15) is 13.2 Å². The van der Waals surface area contributed by atoms with Crippen LogP contribution < -0.4 is 4.72 Å². The van der Waals surface area contributed by atoms with Gasteiger partial charge in [-0.1, -0.05) is 29.8 Å². The van der Waals surface area contributed by atoms with E-state index in [2.05, 4.69) is 4.72 Å². The van der Waals surface area contributed by atoms with E-state index in [0.29, 0.717) is 5.39 Å². The highest BCUT2D eigenvalue weighted by Gasteiger charge is 2.31. The minimum absolute atomic E-state index is 0.00607. The molecule has 2 rings (SSSR count). The van der Waals surface area contributed by atoms with Crippen molar-refractivity contribution >= 4 is 49.0 Å². The molecule has 0 aliphatic heterocycles.